The fraction of sp³-hybridized carbons (Fsp3) is 1.00. The zero-order valence-electron chi connectivity index (χ0n) is 7.36. The molecule has 0 aliphatic heterocycles. The maximum atomic E-state index is 5.94. The zero-order chi connectivity index (χ0) is 7.56. The Morgan fingerprint density at radius 1 is 1.18 bits per heavy atom. The number of likely N-dealkylation sites (N-methyl/N-ethyl adjacent to an activating group) is 1. The normalized spacial score (nSPS) is 31.6. The van der Waals surface area contributed by atoms with Crippen molar-refractivity contribution in [1.82, 2.24) is 4.90 Å². The molecule has 0 aromatic heterocycles. The fourth-order valence-corrected chi connectivity index (χ4v) is 1.78. The molecule has 1 aliphatic carbocycles. The first-order valence-corrected chi connectivity index (χ1v) is 4.14. The average molecular weight is 198 g/mol. The Labute approximate surface area is 80.0 Å². The largest absolute Gasteiger partial charge is 0.326 e. The molecule has 0 heterocycles. The Morgan fingerprint density at radius 3 is 2.09 bits per heavy atom. The smallest absolute Gasteiger partial charge is 0.0241 e. The van der Waals surface area contributed by atoms with Crippen molar-refractivity contribution in [2.75, 3.05) is 14.1 Å². The molecular formula is C8H18FeN2. The minimum atomic E-state index is 0. The first kappa shape index (κ1) is 11.4. The summed E-state index contributed by atoms with van der Waals surface area (Å²) < 4.78 is 0. The average Bonchev–Trinajstić information content (AvgIpc) is 1.88. The molecule has 3 heteroatoms. The van der Waals surface area contributed by atoms with Gasteiger partial charge in [-0.15, -0.1) is 0 Å². The van der Waals surface area contributed by atoms with Crippen molar-refractivity contribution in [1.29, 1.82) is 0 Å². The van der Waals surface area contributed by atoms with Gasteiger partial charge in [0, 0.05) is 29.2 Å². The minimum absolute atomic E-state index is 0. The van der Waals surface area contributed by atoms with Crippen LogP contribution in [0.3, 0.4) is 0 Å². The van der Waals surface area contributed by atoms with Crippen molar-refractivity contribution in [3.8, 4) is 0 Å². The van der Waals surface area contributed by atoms with Crippen LogP contribution in [0.5, 0.6) is 0 Å². The summed E-state index contributed by atoms with van der Waals surface area (Å²) in [6.45, 7) is 0. The van der Waals surface area contributed by atoms with Crippen LogP contribution in [0.2, 0.25) is 0 Å². The summed E-state index contributed by atoms with van der Waals surface area (Å²) in [5, 5.41) is 0. The van der Waals surface area contributed by atoms with E-state index >= 15 is 0 Å². The van der Waals surface area contributed by atoms with E-state index in [2.05, 4.69) is 19.0 Å². The molecule has 1 rings (SSSR count). The quantitative estimate of drug-likeness (QED) is 0.632. The predicted octanol–water partition coefficient (Wildman–Crippen LogP) is 0.815. The standard InChI is InChI=1S/C8H18N2.Fe/c1-10(2)8-6-4-3-5-7(8)9;/h7-8H,3-6,9H2,1-2H3;. The summed E-state index contributed by atoms with van der Waals surface area (Å²) in [5.74, 6) is 0. The van der Waals surface area contributed by atoms with Gasteiger partial charge in [0.1, 0.15) is 0 Å². The van der Waals surface area contributed by atoms with Gasteiger partial charge in [0.15, 0.2) is 0 Å². The first-order chi connectivity index (χ1) is 4.72. The van der Waals surface area contributed by atoms with Gasteiger partial charge in [-0.2, -0.15) is 0 Å². The van der Waals surface area contributed by atoms with Gasteiger partial charge in [-0.25, -0.2) is 0 Å². The Morgan fingerprint density at radius 2 is 1.73 bits per heavy atom. The van der Waals surface area contributed by atoms with Crippen molar-refractivity contribution in [3.05, 3.63) is 0 Å². The van der Waals surface area contributed by atoms with E-state index in [1.165, 1.54) is 25.7 Å². The van der Waals surface area contributed by atoms with E-state index in [9.17, 15) is 0 Å². The summed E-state index contributed by atoms with van der Waals surface area (Å²) >= 11 is 0. The summed E-state index contributed by atoms with van der Waals surface area (Å²) in [6, 6.07) is 1.05. The monoisotopic (exact) mass is 198 g/mol. The third-order valence-corrected chi connectivity index (χ3v) is 2.44. The molecule has 2 atom stereocenters. The number of hydrogen-bond acceptors (Lipinski definition) is 2. The Kier molecular flexibility index (Phi) is 5.36. The van der Waals surface area contributed by atoms with Crippen LogP contribution >= 0.6 is 0 Å². The number of nitrogens with two attached hydrogens (primary N) is 1. The van der Waals surface area contributed by atoms with E-state index < -0.39 is 0 Å². The second kappa shape index (κ2) is 5.15. The number of rotatable bonds is 1. The van der Waals surface area contributed by atoms with Crippen LogP contribution in [0.1, 0.15) is 25.7 Å². The molecule has 1 fully saturated rings. The van der Waals surface area contributed by atoms with Gasteiger partial charge in [-0.3, -0.25) is 0 Å². The third kappa shape index (κ3) is 3.12. The fourth-order valence-electron chi connectivity index (χ4n) is 1.78. The van der Waals surface area contributed by atoms with Gasteiger partial charge in [0.25, 0.3) is 0 Å². The van der Waals surface area contributed by atoms with Crippen LogP contribution in [0, 0.1) is 0 Å². The molecule has 11 heavy (non-hydrogen) atoms. The van der Waals surface area contributed by atoms with Crippen molar-refractivity contribution in [2.24, 2.45) is 5.73 Å². The Hall–Kier alpha value is 0.439. The van der Waals surface area contributed by atoms with Crippen molar-refractivity contribution in [2.45, 2.75) is 37.8 Å². The Balaban J connectivity index is 0.000001000. The molecule has 0 spiro atoms. The topological polar surface area (TPSA) is 29.3 Å². The molecule has 2 N–H and O–H groups in total. The van der Waals surface area contributed by atoms with Gasteiger partial charge in [0.2, 0.25) is 0 Å². The van der Waals surface area contributed by atoms with Crippen molar-refractivity contribution < 1.29 is 17.1 Å². The van der Waals surface area contributed by atoms with Crippen LogP contribution in [0.15, 0.2) is 0 Å². The van der Waals surface area contributed by atoms with E-state index in [0.29, 0.717) is 12.1 Å². The second-order valence-corrected chi connectivity index (χ2v) is 3.48. The molecule has 0 saturated heterocycles. The molecule has 0 aromatic carbocycles. The molecule has 0 aromatic rings. The summed E-state index contributed by atoms with van der Waals surface area (Å²) in [5.41, 5.74) is 5.94. The van der Waals surface area contributed by atoms with Crippen LogP contribution in [0.25, 0.3) is 0 Å². The number of hydrogen-bond donors (Lipinski definition) is 1. The predicted molar refractivity (Wildman–Crippen MR) is 43.9 cm³/mol. The van der Waals surface area contributed by atoms with Gasteiger partial charge < -0.3 is 10.6 Å². The van der Waals surface area contributed by atoms with E-state index in [4.69, 9.17) is 5.73 Å². The van der Waals surface area contributed by atoms with E-state index in [1.807, 2.05) is 0 Å². The molecule has 0 amide bonds. The SMILES string of the molecule is CN(C)C1CCCCC1N.[Fe]. The van der Waals surface area contributed by atoms with Gasteiger partial charge in [0.05, 0.1) is 0 Å². The van der Waals surface area contributed by atoms with E-state index in [1.54, 1.807) is 0 Å². The van der Waals surface area contributed by atoms with Crippen LogP contribution in [-0.2, 0) is 17.1 Å². The van der Waals surface area contributed by atoms with Gasteiger partial charge in [-0.1, -0.05) is 12.8 Å². The molecule has 68 valence electrons. The van der Waals surface area contributed by atoms with Crippen molar-refractivity contribution >= 4 is 0 Å². The molecular weight excluding hydrogens is 180 g/mol. The molecule has 0 radical (unpaired) electrons. The van der Waals surface area contributed by atoms with Crippen LogP contribution in [0.4, 0.5) is 0 Å². The second-order valence-electron chi connectivity index (χ2n) is 3.48. The van der Waals surface area contributed by atoms with Gasteiger partial charge >= 0.3 is 0 Å². The van der Waals surface area contributed by atoms with Crippen LogP contribution < -0.4 is 5.73 Å². The minimum Gasteiger partial charge on any atom is -0.326 e. The molecule has 0 bridgehead atoms. The molecule has 1 aliphatic rings. The summed E-state index contributed by atoms with van der Waals surface area (Å²) in [4.78, 5) is 2.25. The summed E-state index contributed by atoms with van der Waals surface area (Å²) in [6.07, 6.45) is 5.18. The third-order valence-electron chi connectivity index (χ3n) is 2.44. The van der Waals surface area contributed by atoms with Gasteiger partial charge in [-0.05, 0) is 26.9 Å². The Bertz CT molecular complexity index is 106. The maximum Gasteiger partial charge on any atom is 0.0241 e. The van der Waals surface area contributed by atoms with E-state index in [-0.39, 0.29) is 17.1 Å². The van der Waals surface area contributed by atoms with E-state index in [0.717, 1.165) is 0 Å². The van der Waals surface area contributed by atoms with Crippen LogP contribution in [-0.4, -0.2) is 31.1 Å². The molecule has 1 saturated carbocycles. The number of nitrogens with zero attached hydrogens (tertiary/aromatic N) is 1. The van der Waals surface area contributed by atoms with Crippen molar-refractivity contribution in [3.63, 3.8) is 0 Å². The molecule has 2 unspecified atom stereocenters. The maximum absolute atomic E-state index is 5.94. The summed E-state index contributed by atoms with van der Waals surface area (Å²) in [7, 11) is 4.24. The molecule has 2 nitrogen and oxygen atoms in total. The first-order valence-electron chi connectivity index (χ1n) is 4.14. The zero-order valence-corrected chi connectivity index (χ0v) is 8.47.